The van der Waals surface area contributed by atoms with Crippen LogP contribution >= 0.6 is 0 Å². The highest BCUT2D eigenvalue weighted by atomic mass is 15.2. The number of rotatable bonds is 11. The van der Waals surface area contributed by atoms with Gasteiger partial charge in [-0.3, -0.25) is 10.6 Å². The molecule has 2 atom stereocenters. The lowest BCUT2D eigenvalue weighted by molar-refractivity contribution is 0.408. The van der Waals surface area contributed by atoms with Crippen molar-refractivity contribution in [3.05, 3.63) is 192 Å². The van der Waals surface area contributed by atoms with Gasteiger partial charge in [0.25, 0.3) is 0 Å². The van der Waals surface area contributed by atoms with Crippen molar-refractivity contribution in [2.24, 2.45) is 5.73 Å². The quantitative estimate of drug-likeness (QED) is 0.104. The lowest BCUT2D eigenvalue weighted by Gasteiger charge is -2.32. The van der Waals surface area contributed by atoms with Crippen LogP contribution in [0.1, 0.15) is 17.3 Å². The molecule has 0 saturated carbocycles. The van der Waals surface area contributed by atoms with Crippen LogP contribution in [-0.2, 0) is 6.54 Å². The fourth-order valence-corrected chi connectivity index (χ4v) is 7.11. The fraction of sp³-hybridized carbons (Fsp3) is 0.111. The van der Waals surface area contributed by atoms with Crippen molar-refractivity contribution < 1.29 is 0 Å². The van der Waals surface area contributed by atoms with Crippen LogP contribution < -0.4 is 26.6 Å². The van der Waals surface area contributed by atoms with E-state index in [9.17, 15) is 0 Å². The molecular weight excluding hydrogens is 625 g/mol. The predicted octanol–water partition coefficient (Wildman–Crippen LogP) is 8.62. The standard InChI is InChI=1S/C45H42N6/c1-50(43-28-26-35(31-47-43)45(48-30-32-15-5-2-6-16-32)49-44(46)33-17-7-3-8-18-33)40-23-13-11-21-37(40)34-25-27-42-39(29-34)38-22-12-14-24-41(38)51(42)36-19-9-4-10-20-36/h2-29,44-45,47-49H,30-31,46H2,1H3. The van der Waals surface area contributed by atoms with Gasteiger partial charge in [0.15, 0.2) is 0 Å². The number of fused-ring (bicyclic) bond motifs is 3. The molecule has 1 aliphatic rings. The lowest BCUT2D eigenvalue weighted by atomic mass is 10.00. The third-order valence-electron chi connectivity index (χ3n) is 9.78. The summed E-state index contributed by atoms with van der Waals surface area (Å²) in [7, 11) is 2.13. The molecule has 252 valence electrons. The maximum absolute atomic E-state index is 6.67. The van der Waals surface area contributed by atoms with Crippen LogP contribution in [0.25, 0.3) is 38.6 Å². The topological polar surface area (TPSA) is 70.3 Å². The zero-order valence-electron chi connectivity index (χ0n) is 28.7. The van der Waals surface area contributed by atoms with Gasteiger partial charge < -0.3 is 20.5 Å². The van der Waals surface area contributed by atoms with Gasteiger partial charge in [-0.25, -0.2) is 0 Å². The van der Waals surface area contributed by atoms with Crippen LogP contribution in [0.5, 0.6) is 0 Å². The Morgan fingerprint density at radius 2 is 1.37 bits per heavy atom. The van der Waals surface area contributed by atoms with Crippen molar-refractivity contribution >= 4 is 27.5 Å². The van der Waals surface area contributed by atoms with Crippen molar-refractivity contribution in [1.82, 2.24) is 20.5 Å². The molecule has 2 heterocycles. The van der Waals surface area contributed by atoms with Gasteiger partial charge in [0.1, 0.15) is 5.82 Å². The van der Waals surface area contributed by atoms with Crippen LogP contribution in [0.2, 0.25) is 0 Å². The largest absolute Gasteiger partial charge is 0.368 e. The Morgan fingerprint density at radius 3 is 2.14 bits per heavy atom. The zero-order chi connectivity index (χ0) is 34.6. The number of aromatic nitrogens is 1. The first-order valence-corrected chi connectivity index (χ1v) is 17.5. The molecule has 51 heavy (non-hydrogen) atoms. The molecule has 0 radical (unpaired) electrons. The summed E-state index contributed by atoms with van der Waals surface area (Å²) in [4.78, 5) is 2.25. The number of nitrogens with zero attached hydrogens (tertiary/aromatic N) is 2. The highest BCUT2D eigenvalue weighted by Crippen LogP contribution is 2.38. The van der Waals surface area contributed by atoms with Crippen molar-refractivity contribution in [3.8, 4) is 16.8 Å². The first-order chi connectivity index (χ1) is 25.1. The third-order valence-corrected chi connectivity index (χ3v) is 9.78. The fourth-order valence-electron chi connectivity index (χ4n) is 7.11. The molecule has 6 aromatic carbocycles. The maximum Gasteiger partial charge on any atom is 0.106 e. The van der Waals surface area contributed by atoms with Crippen LogP contribution in [0, 0.1) is 0 Å². The van der Waals surface area contributed by atoms with E-state index in [4.69, 9.17) is 5.73 Å². The molecule has 0 fully saturated rings. The van der Waals surface area contributed by atoms with Gasteiger partial charge in [0.05, 0.1) is 23.4 Å². The number of dihydropyridines is 1. The average molecular weight is 667 g/mol. The molecule has 1 aromatic heterocycles. The van der Waals surface area contributed by atoms with E-state index in [1.165, 1.54) is 44.1 Å². The van der Waals surface area contributed by atoms with E-state index in [0.29, 0.717) is 6.54 Å². The molecule has 0 bridgehead atoms. The molecule has 2 unspecified atom stereocenters. The first kappa shape index (κ1) is 32.3. The number of anilines is 1. The predicted molar refractivity (Wildman–Crippen MR) is 212 cm³/mol. The summed E-state index contributed by atoms with van der Waals surface area (Å²) in [6.45, 7) is 1.39. The Bertz CT molecular complexity index is 2330. The zero-order valence-corrected chi connectivity index (χ0v) is 28.7. The SMILES string of the molecule is CN(C1=CC=C(C(NCc2ccccc2)NC(N)c2ccccc2)CN1)c1ccccc1-c1ccc2c(c1)c1ccccc1n2-c1ccccc1. The Hall–Kier alpha value is -5.92. The second kappa shape index (κ2) is 14.5. The molecule has 0 saturated heterocycles. The van der Waals surface area contributed by atoms with Gasteiger partial charge >= 0.3 is 0 Å². The van der Waals surface area contributed by atoms with Crippen LogP contribution in [0.4, 0.5) is 5.69 Å². The van der Waals surface area contributed by atoms with Gasteiger partial charge in [-0.1, -0.05) is 127 Å². The van der Waals surface area contributed by atoms with Crippen molar-refractivity contribution in [3.63, 3.8) is 0 Å². The van der Waals surface area contributed by atoms with E-state index in [-0.39, 0.29) is 12.3 Å². The number of para-hydroxylation sites is 3. The molecular formula is C45H42N6. The first-order valence-electron chi connectivity index (χ1n) is 17.5. The molecule has 0 aliphatic carbocycles. The summed E-state index contributed by atoms with van der Waals surface area (Å²) in [6, 6.07) is 55.4. The van der Waals surface area contributed by atoms with E-state index in [1.807, 2.05) is 24.3 Å². The molecule has 6 heteroatoms. The Morgan fingerprint density at radius 1 is 0.706 bits per heavy atom. The summed E-state index contributed by atoms with van der Waals surface area (Å²) in [5.74, 6) is 1.03. The van der Waals surface area contributed by atoms with Crippen molar-refractivity contribution in [1.29, 1.82) is 0 Å². The van der Waals surface area contributed by atoms with E-state index in [2.05, 4.69) is 178 Å². The number of hydrogen-bond donors (Lipinski definition) is 4. The molecule has 1 aliphatic heterocycles. The van der Waals surface area contributed by atoms with Gasteiger partial charge in [0.2, 0.25) is 0 Å². The smallest absolute Gasteiger partial charge is 0.106 e. The Kier molecular flexibility index (Phi) is 9.19. The number of allylic oxidation sites excluding steroid dienone is 2. The molecule has 8 rings (SSSR count). The number of benzene rings is 6. The van der Waals surface area contributed by atoms with Crippen LogP contribution in [-0.4, -0.2) is 24.3 Å². The monoisotopic (exact) mass is 666 g/mol. The number of nitrogens with one attached hydrogen (secondary N) is 3. The van der Waals surface area contributed by atoms with Gasteiger partial charge in [-0.05, 0) is 64.7 Å². The van der Waals surface area contributed by atoms with E-state index < -0.39 is 0 Å². The van der Waals surface area contributed by atoms with Crippen molar-refractivity contribution in [2.45, 2.75) is 18.9 Å². The van der Waals surface area contributed by atoms with E-state index in [1.54, 1.807) is 0 Å². The number of nitrogens with two attached hydrogens (primary N) is 1. The molecule has 6 nitrogen and oxygen atoms in total. The maximum atomic E-state index is 6.67. The van der Waals surface area contributed by atoms with Crippen LogP contribution in [0.15, 0.2) is 181 Å². The highest BCUT2D eigenvalue weighted by Gasteiger charge is 2.22. The Balaban J connectivity index is 1.09. The van der Waals surface area contributed by atoms with Gasteiger partial charge in [-0.2, -0.15) is 0 Å². The van der Waals surface area contributed by atoms with E-state index >= 15 is 0 Å². The molecule has 7 aromatic rings. The molecule has 0 amide bonds. The van der Waals surface area contributed by atoms with E-state index in [0.717, 1.165) is 29.3 Å². The van der Waals surface area contributed by atoms with Crippen LogP contribution in [0.3, 0.4) is 0 Å². The highest BCUT2D eigenvalue weighted by molar-refractivity contribution is 6.10. The second-order valence-corrected chi connectivity index (χ2v) is 13.0. The lowest BCUT2D eigenvalue weighted by Crippen LogP contribution is -2.50. The Labute approximate surface area is 299 Å². The third kappa shape index (κ3) is 6.68. The summed E-state index contributed by atoms with van der Waals surface area (Å²) in [6.07, 6.45) is 3.93. The summed E-state index contributed by atoms with van der Waals surface area (Å²) in [5.41, 5.74) is 17.2. The summed E-state index contributed by atoms with van der Waals surface area (Å²) < 4.78 is 2.36. The van der Waals surface area contributed by atoms with Crippen molar-refractivity contribution in [2.75, 3.05) is 18.5 Å². The minimum atomic E-state index is -0.320. The van der Waals surface area contributed by atoms with Gasteiger partial charge in [-0.15, -0.1) is 0 Å². The minimum Gasteiger partial charge on any atom is -0.368 e. The average Bonchev–Trinajstić information content (AvgIpc) is 3.54. The summed E-state index contributed by atoms with van der Waals surface area (Å²) >= 11 is 0. The summed E-state index contributed by atoms with van der Waals surface area (Å²) in [5, 5.41) is 13.5. The number of hydrogen-bond acceptors (Lipinski definition) is 5. The normalized spacial score (nSPS) is 14.1. The second-order valence-electron chi connectivity index (χ2n) is 13.0. The molecule has 0 spiro atoms. The minimum absolute atomic E-state index is 0.131. The molecule has 5 N–H and O–H groups in total. The van der Waals surface area contributed by atoms with Gasteiger partial charge in [0, 0.05) is 47.8 Å².